The third-order valence-corrected chi connectivity index (χ3v) is 5.38. The predicted molar refractivity (Wildman–Crippen MR) is 126 cm³/mol. The Kier molecular flexibility index (Phi) is 8.50. The molecule has 0 spiro atoms. The van der Waals surface area contributed by atoms with Crippen molar-refractivity contribution in [1.82, 2.24) is 10.2 Å². The Bertz CT molecular complexity index is 1150. The molecule has 0 saturated heterocycles. The number of esters is 1. The quantitative estimate of drug-likeness (QED) is 0.350. The average Bonchev–Trinajstić information content (AvgIpc) is 3.18. The number of nitrogens with one attached hydrogen (secondary N) is 2. The van der Waals surface area contributed by atoms with Gasteiger partial charge in [-0.1, -0.05) is 24.3 Å². The first-order valence-electron chi connectivity index (χ1n) is 11.0. The fourth-order valence-corrected chi connectivity index (χ4v) is 3.73. The van der Waals surface area contributed by atoms with Gasteiger partial charge < -0.3 is 25.0 Å². The molecule has 4 N–H and O–H groups in total. The summed E-state index contributed by atoms with van der Waals surface area (Å²) in [5.74, 6) is -0.197. The van der Waals surface area contributed by atoms with Gasteiger partial charge in [0.2, 0.25) is 5.91 Å². The standard InChI is InChI=1S/C25H29N3O6/c1-3-33-23(30)15-21-24(25(31)28-27-21)20(14-22(26)29)17-6-10-19(11-7-17)34-13-12-16-4-8-18(32-2)9-5-16/h4-11,20H,3,12-15H2,1-2H3,(H2,26,29)(H2,27,28,31)/t20-/m1/s1. The highest BCUT2D eigenvalue weighted by Crippen LogP contribution is 2.29. The highest BCUT2D eigenvalue weighted by atomic mass is 16.5. The number of rotatable bonds is 12. The zero-order valence-corrected chi connectivity index (χ0v) is 19.3. The summed E-state index contributed by atoms with van der Waals surface area (Å²) in [7, 11) is 1.63. The van der Waals surface area contributed by atoms with Crippen molar-refractivity contribution in [3.8, 4) is 11.5 Å². The zero-order chi connectivity index (χ0) is 24.5. The molecule has 0 radical (unpaired) electrons. The third kappa shape index (κ3) is 6.50. The van der Waals surface area contributed by atoms with Gasteiger partial charge in [0.05, 0.1) is 32.4 Å². The molecule has 1 atom stereocenters. The van der Waals surface area contributed by atoms with Crippen LogP contribution in [0.25, 0.3) is 0 Å². The van der Waals surface area contributed by atoms with E-state index in [4.69, 9.17) is 19.9 Å². The number of methoxy groups -OCH3 is 1. The van der Waals surface area contributed by atoms with Gasteiger partial charge in [0, 0.05) is 24.3 Å². The first kappa shape index (κ1) is 24.6. The molecule has 0 aliphatic carbocycles. The van der Waals surface area contributed by atoms with E-state index in [2.05, 4.69) is 10.2 Å². The third-order valence-electron chi connectivity index (χ3n) is 5.38. The second-order valence-electron chi connectivity index (χ2n) is 7.69. The summed E-state index contributed by atoms with van der Waals surface area (Å²) >= 11 is 0. The van der Waals surface area contributed by atoms with Crippen molar-refractivity contribution in [2.24, 2.45) is 5.73 Å². The van der Waals surface area contributed by atoms with Gasteiger partial charge >= 0.3 is 5.97 Å². The van der Waals surface area contributed by atoms with Crippen LogP contribution in [0.3, 0.4) is 0 Å². The molecule has 1 aromatic heterocycles. The van der Waals surface area contributed by atoms with Gasteiger partial charge in [-0.2, -0.15) is 0 Å². The summed E-state index contributed by atoms with van der Waals surface area (Å²) in [6.45, 7) is 2.42. The maximum absolute atomic E-state index is 12.5. The minimum absolute atomic E-state index is 0.0889. The first-order valence-corrected chi connectivity index (χ1v) is 11.0. The van der Waals surface area contributed by atoms with Crippen LogP contribution < -0.4 is 20.8 Å². The lowest BCUT2D eigenvalue weighted by atomic mass is 9.87. The number of H-pyrrole nitrogens is 2. The Labute approximate surface area is 197 Å². The number of benzene rings is 2. The number of nitrogens with two attached hydrogens (primary N) is 1. The van der Waals surface area contributed by atoms with E-state index < -0.39 is 23.4 Å². The van der Waals surface area contributed by atoms with Crippen LogP contribution in [-0.4, -0.2) is 42.4 Å². The van der Waals surface area contributed by atoms with Crippen LogP contribution in [0.15, 0.2) is 53.3 Å². The van der Waals surface area contributed by atoms with Crippen LogP contribution in [-0.2, 0) is 27.2 Å². The number of aromatic nitrogens is 2. The Morgan fingerprint density at radius 2 is 1.68 bits per heavy atom. The van der Waals surface area contributed by atoms with Gasteiger partial charge in [0.15, 0.2) is 0 Å². The highest BCUT2D eigenvalue weighted by molar-refractivity contribution is 5.76. The number of ether oxygens (including phenoxy) is 3. The number of primary amides is 1. The molecule has 0 bridgehead atoms. The number of carbonyl (C=O) groups is 2. The lowest BCUT2D eigenvalue weighted by Gasteiger charge is -2.16. The summed E-state index contributed by atoms with van der Waals surface area (Å²) < 4.78 is 16.0. The van der Waals surface area contributed by atoms with Gasteiger partial charge in [-0.15, -0.1) is 0 Å². The summed E-state index contributed by atoms with van der Waals surface area (Å²) in [4.78, 5) is 36.3. The molecule has 0 unspecified atom stereocenters. The van der Waals surface area contributed by atoms with Gasteiger partial charge in [-0.25, -0.2) is 0 Å². The number of carbonyl (C=O) groups excluding carboxylic acids is 2. The van der Waals surface area contributed by atoms with E-state index in [1.54, 1.807) is 38.3 Å². The Morgan fingerprint density at radius 3 is 2.29 bits per heavy atom. The van der Waals surface area contributed by atoms with E-state index in [1.165, 1.54) is 0 Å². The van der Waals surface area contributed by atoms with Gasteiger partial charge in [0.1, 0.15) is 11.5 Å². The van der Waals surface area contributed by atoms with Crippen molar-refractivity contribution in [3.63, 3.8) is 0 Å². The van der Waals surface area contributed by atoms with Gasteiger partial charge in [0.25, 0.3) is 5.56 Å². The number of aromatic amines is 2. The van der Waals surface area contributed by atoms with Crippen LogP contribution in [0.5, 0.6) is 11.5 Å². The van der Waals surface area contributed by atoms with Gasteiger partial charge in [-0.05, 0) is 42.3 Å². The minimum Gasteiger partial charge on any atom is -0.497 e. The van der Waals surface area contributed by atoms with Crippen molar-refractivity contribution >= 4 is 11.9 Å². The number of hydrogen-bond donors (Lipinski definition) is 3. The molecule has 9 nitrogen and oxygen atoms in total. The summed E-state index contributed by atoms with van der Waals surface area (Å²) in [5, 5.41) is 5.22. The molecule has 3 rings (SSSR count). The second kappa shape index (κ2) is 11.7. The maximum atomic E-state index is 12.5. The van der Waals surface area contributed by atoms with E-state index in [0.29, 0.717) is 29.2 Å². The summed E-state index contributed by atoms with van der Waals surface area (Å²) in [5.41, 5.74) is 7.55. The molecule has 2 aromatic carbocycles. The molecule has 3 aromatic rings. The van der Waals surface area contributed by atoms with E-state index in [9.17, 15) is 14.4 Å². The molecule has 34 heavy (non-hydrogen) atoms. The smallest absolute Gasteiger partial charge is 0.311 e. The van der Waals surface area contributed by atoms with E-state index in [0.717, 1.165) is 17.7 Å². The fourth-order valence-electron chi connectivity index (χ4n) is 3.73. The lowest BCUT2D eigenvalue weighted by molar-refractivity contribution is -0.142. The Hall–Kier alpha value is -4.01. The summed E-state index contributed by atoms with van der Waals surface area (Å²) in [6, 6.07) is 14.9. The van der Waals surface area contributed by atoms with Gasteiger partial charge in [-0.3, -0.25) is 19.5 Å². The van der Waals surface area contributed by atoms with Crippen molar-refractivity contribution in [3.05, 3.63) is 81.3 Å². The predicted octanol–water partition coefficient (Wildman–Crippen LogP) is 2.45. The fraction of sp³-hybridized carbons (Fsp3) is 0.320. The molecule has 0 aliphatic rings. The normalized spacial score (nSPS) is 11.6. The van der Waals surface area contributed by atoms with Crippen LogP contribution >= 0.6 is 0 Å². The first-order chi connectivity index (χ1) is 16.4. The monoisotopic (exact) mass is 467 g/mol. The zero-order valence-electron chi connectivity index (χ0n) is 19.3. The molecule has 0 saturated carbocycles. The molecule has 0 aliphatic heterocycles. The van der Waals surface area contributed by atoms with Crippen molar-refractivity contribution in [2.75, 3.05) is 20.3 Å². The van der Waals surface area contributed by atoms with E-state index in [1.807, 2.05) is 24.3 Å². The molecule has 1 amide bonds. The van der Waals surface area contributed by atoms with Crippen LogP contribution in [0.4, 0.5) is 0 Å². The largest absolute Gasteiger partial charge is 0.497 e. The van der Waals surface area contributed by atoms with E-state index >= 15 is 0 Å². The maximum Gasteiger partial charge on any atom is 0.311 e. The molecule has 9 heteroatoms. The lowest BCUT2D eigenvalue weighted by Crippen LogP contribution is -2.21. The van der Waals surface area contributed by atoms with Crippen LogP contribution in [0, 0.1) is 0 Å². The second-order valence-corrected chi connectivity index (χ2v) is 7.69. The topological polar surface area (TPSA) is 136 Å². The van der Waals surface area contributed by atoms with Crippen LogP contribution in [0.1, 0.15) is 41.6 Å². The van der Waals surface area contributed by atoms with Crippen molar-refractivity contribution in [2.45, 2.75) is 32.1 Å². The number of amides is 1. The SMILES string of the molecule is CCOC(=O)Cc1[nH][nH]c(=O)c1[C@H](CC(N)=O)c1ccc(OCCc2ccc(OC)cc2)cc1. The summed E-state index contributed by atoms with van der Waals surface area (Å²) in [6.07, 6.45) is 0.518. The average molecular weight is 468 g/mol. The van der Waals surface area contributed by atoms with Crippen molar-refractivity contribution < 1.29 is 23.8 Å². The molecular formula is C25H29N3O6. The minimum atomic E-state index is -0.620. The van der Waals surface area contributed by atoms with E-state index in [-0.39, 0.29) is 19.4 Å². The molecule has 1 heterocycles. The number of hydrogen-bond acceptors (Lipinski definition) is 6. The molecular weight excluding hydrogens is 438 g/mol. The molecule has 180 valence electrons. The Morgan fingerprint density at radius 1 is 1.00 bits per heavy atom. The van der Waals surface area contributed by atoms with Crippen molar-refractivity contribution in [1.29, 1.82) is 0 Å². The van der Waals surface area contributed by atoms with Crippen LogP contribution in [0.2, 0.25) is 0 Å². The Balaban J connectivity index is 1.73. The molecule has 0 fully saturated rings. The highest BCUT2D eigenvalue weighted by Gasteiger charge is 2.26.